The number of nitrogens with one attached hydrogen (secondary N) is 7. The van der Waals surface area contributed by atoms with Gasteiger partial charge in [0.1, 0.15) is 114 Å². The van der Waals surface area contributed by atoms with Gasteiger partial charge in [-0.2, -0.15) is 0 Å². The molecule has 7 heterocycles. The fraction of sp³-hybridized carbons (Fsp3) is 0.369. The molecule has 0 radical (unpaired) electrons. The number of carbonyl (C=O) groups is 9. The van der Waals surface area contributed by atoms with Crippen LogP contribution in [-0.2, 0) is 70.5 Å². The number of carboxylic acids is 1. The van der Waals surface area contributed by atoms with Crippen LogP contribution in [0.3, 0.4) is 0 Å². The second-order valence-electron chi connectivity index (χ2n) is 30.9. The van der Waals surface area contributed by atoms with Crippen LogP contribution in [0.2, 0.25) is 20.1 Å². The smallest absolute Gasteiger partial charge is 0.410 e. The number of aromatic hydroxyl groups is 3. The molecule has 40 heteroatoms. The molecule has 0 saturated carbocycles. The molecule has 14 rings (SSSR count). The van der Waals surface area contributed by atoms with Gasteiger partial charge in [-0.15, -0.1) is 0 Å². The fourth-order valence-electron chi connectivity index (χ4n) is 14.9. The third-order valence-corrected chi connectivity index (χ3v) is 22.8. The van der Waals surface area contributed by atoms with Crippen molar-refractivity contribution in [2.45, 2.75) is 169 Å². The summed E-state index contributed by atoms with van der Waals surface area (Å²) in [5, 5.41) is 124. The lowest BCUT2D eigenvalue weighted by Gasteiger charge is -2.48. The number of hydrogen-bond donors (Lipinski definition) is 18. The minimum absolute atomic E-state index is 0.0837. The summed E-state index contributed by atoms with van der Waals surface area (Å²) in [5.41, 5.74) is 9.27. The van der Waals surface area contributed by atoms with E-state index in [1.807, 2.05) is 0 Å². The lowest BCUT2D eigenvalue weighted by molar-refractivity contribution is -0.331. The number of likely N-dealkylation sites (N-methyl/N-ethyl adjacent to an activating group) is 1. The van der Waals surface area contributed by atoms with Crippen LogP contribution >= 0.6 is 46.4 Å². The molecule has 660 valence electrons. The van der Waals surface area contributed by atoms with Crippen LogP contribution in [-0.4, -0.2) is 203 Å². The topological polar surface area (TPSA) is 549 Å². The van der Waals surface area contributed by atoms with Crippen LogP contribution in [0, 0.1) is 5.92 Å². The van der Waals surface area contributed by atoms with E-state index in [9.17, 15) is 65.1 Å². The predicted molar refractivity (Wildman–Crippen MR) is 441 cm³/mol. The van der Waals surface area contributed by atoms with E-state index in [4.69, 9.17) is 95.8 Å². The number of nitrogens with zero attached hydrogens (tertiary/aromatic N) is 1. The van der Waals surface area contributed by atoms with E-state index in [-0.39, 0.29) is 61.0 Å². The number of aliphatic carboxylic acids is 1. The fourth-order valence-corrected chi connectivity index (χ4v) is 15.7. The molecule has 36 nitrogen and oxygen atoms in total. The molecule has 2 fully saturated rings. The van der Waals surface area contributed by atoms with Gasteiger partial charge in [0.2, 0.25) is 53.4 Å². The maximum atomic E-state index is 16.3. The Hall–Kier alpha value is -11.3. The number of phenols is 3. The Morgan fingerprint density at radius 2 is 1.31 bits per heavy atom. The van der Waals surface area contributed by atoms with Crippen LogP contribution in [0.25, 0.3) is 11.1 Å². The maximum Gasteiger partial charge on any atom is 0.410 e. The monoisotopic (exact) mass is 1790 g/mol. The van der Waals surface area contributed by atoms with Gasteiger partial charge in [-0.25, -0.2) is 9.59 Å². The summed E-state index contributed by atoms with van der Waals surface area (Å²) < 4.78 is 51.0. The number of nitrogens with two attached hydrogens (primary N) is 2. The number of carbonyl (C=O) groups excluding carboxylic acids is 8. The third-order valence-electron chi connectivity index (χ3n) is 21.5. The van der Waals surface area contributed by atoms with E-state index in [1.165, 1.54) is 19.2 Å². The van der Waals surface area contributed by atoms with Crippen molar-refractivity contribution in [3.05, 3.63) is 193 Å². The van der Waals surface area contributed by atoms with E-state index >= 15 is 24.0 Å². The number of primary amides is 1. The summed E-state index contributed by atoms with van der Waals surface area (Å²) in [4.78, 5) is 134. The molecule has 11 bridgehead atoms. The first-order valence-electron chi connectivity index (χ1n) is 38.8. The van der Waals surface area contributed by atoms with E-state index in [0.29, 0.717) is 15.8 Å². The van der Waals surface area contributed by atoms with E-state index in [1.54, 1.807) is 70.2 Å². The van der Waals surface area contributed by atoms with Crippen molar-refractivity contribution >= 4 is 99.8 Å². The summed E-state index contributed by atoms with van der Waals surface area (Å²) in [7, 11) is 1.23. The highest BCUT2D eigenvalue weighted by Gasteiger charge is 2.52. The van der Waals surface area contributed by atoms with Crippen molar-refractivity contribution < 1.29 is 127 Å². The highest BCUT2D eigenvalue weighted by Crippen LogP contribution is 2.50. The van der Waals surface area contributed by atoms with Crippen LogP contribution in [0.4, 0.5) is 4.79 Å². The van der Waals surface area contributed by atoms with Crippen LogP contribution in [0.15, 0.2) is 134 Å². The summed E-state index contributed by atoms with van der Waals surface area (Å²) >= 11 is 26.7. The standard InChI is InChI=1S/C84H90Cl4N10O26/c1-7-20-117-83(116)98(6)52(21-35(2)3)76(109)96-66-68(103)40-12-18-55(49(87)24-40)120-57-26-42-27-58(72(57)124-82-73(71(106)70(105)59(32-89)122-82)123-61-31-84(5,74(107)36(4)119-61)91-33-37-8-14-44(15-9-37)118-34-38-10-16-47(85)48(86)22-38)121-56-19-13-41(25-50(56)88)69(104)67-80(113)95-65(81(114)115)46-28-43(99)29-54(101)62(46)45-23-39(11-17-53(45)100)63(77(110)97-67)94-78(111)64(42)93-75(108)51(30-60(90)102)92-79(66)112/h7-19,22-29,35-36,51-52,59,61,63-71,73-74,82,91,99-101,103-107H,1,20-21,30-34,89H2,2-6H3,(H2,90,102)(H,92,112)(H,93,108)(H,94,111)(H,95,113)(H,96,109)(H,97,110)(H,114,115)/t36?,51-,52+,59?,61?,63+,64+,65+,66+,67-,68+,69+,70?,71?,73?,74?,82?,84?/m0/s1. The second-order valence-corrected chi connectivity index (χ2v) is 32.5. The highest BCUT2D eigenvalue weighted by atomic mass is 35.5. The summed E-state index contributed by atoms with van der Waals surface area (Å²) in [6.07, 6.45) is -18.6. The third kappa shape index (κ3) is 20.5. The number of aliphatic hydroxyl groups excluding tert-OH is 5. The molecule has 0 aliphatic carbocycles. The highest BCUT2D eigenvalue weighted by molar-refractivity contribution is 6.42. The van der Waals surface area contributed by atoms with Crippen molar-refractivity contribution in [1.29, 1.82) is 0 Å². The minimum Gasteiger partial charge on any atom is -0.508 e. The molecular weight excluding hydrogens is 1710 g/mol. The van der Waals surface area contributed by atoms with Gasteiger partial charge in [-0.3, -0.25) is 38.5 Å². The molecule has 8 amide bonds. The summed E-state index contributed by atoms with van der Waals surface area (Å²) in [5.74, 6) is -16.4. The molecule has 7 aliphatic rings. The molecule has 7 aromatic rings. The Bertz CT molecular complexity index is 5270. The van der Waals surface area contributed by atoms with Crippen molar-refractivity contribution in [2.24, 2.45) is 17.4 Å². The number of aliphatic hydroxyl groups is 5. The van der Waals surface area contributed by atoms with Gasteiger partial charge < -0.3 is 133 Å². The van der Waals surface area contributed by atoms with Gasteiger partial charge in [-0.05, 0) is 138 Å². The van der Waals surface area contributed by atoms with Crippen molar-refractivity contribution in [3.8, 4) is 62.9 Å². The number of ether oxygens (including phenoxy) is 8. The van der Waals surface area contributed by atoms with Crippen LogP contribution < -0.4 is 67.6 Å². The Balaban J connectivity index is 1.02. The van der Waals surface area contributed by atoms with Crippen molar-refractivity contribution in [2.75, 3.05) is 20.2 Å². The molecule has 7 aliphatic heterocycles. The van der Waals surface area contributed by atoms with Gasteiger partial charge in [0, 0.05) is 54.9 Å². The SMILES string of the molecule is C=CCOC(=O)N(C)[C@H](CC(C)C)C(=O)N[C@H]1C(=O)N[C@@H](CC(N)=O)C(=O)N[C@H]2C(=O)N[C@H]3C(=O)N[C@H](C(=O)N[C@@H](C(=O)O)c4cc(O)cc(O)c4-c4cc3ccc4O)[C@H](O)c3ccc(c(Cl)c3)Oc3cc2cc(c3OC2OC(CN)C(O)C(O)C2OC2CC(C)(NCc3ccc(OCc4ccc(Cl)c(Cl)c4)cc3)C(O)C(C)O2)Oc2ccc(cc2Cl)[C@H]1O. The first kappa shape index (κ1) is 91.9. The number of rotatable bonds is 21. The number of benzene rings is 7. The molecule has 7 aromatic carbocycles. The molecule has 0 spiro atoms. The molecule has 9 unspecified atom stereocenters. The first-order chi connectivity index (χ1) is 58.8. The zero-order valence-corrected chi connectivity index (χ0v) is 69.8. The maximum absolute atomic E-state index is 16.3. The Labute approximate surface area is 727 Å². The Morgan fingerprint density at radius 1 is 0.685 bits per heavy atom. The van der Waals surface area contributed by atoms with Gasteiger partial charge in [0.05, 0.1) is 38.7 Å². The van der Waals surface area contributed by atoms with Crippen LogP contribution in [0.1, 0.15) is 116 Å². The van der Waals surface area contributed by atoms with Gasteiger partial charge in [-0.1, -0.05) is 109 Å². The number of hydrogen-bond acceptors (Lipinski definition) is 27. The molecular formula is C84H90Cl4N10O26. The molecule has 0 aromatic heterocycles. The number of fused-ring (bicyclic) bond motifs is 15. The number of carboxylic acid groups (broad SMARTS) is 1. The van der Waals surface area contributed by atoms with E-state index < -0.39 is 248 Å². The minimum atomic E-state index is -2.41. The zero-order chi connectivity index (χ0) is 89.8. The lowest BCUT2D eigenvalue weighted by atomic mass is 9.84. The quantitative estimate of drug-likeness (QED) is 0.0376. The first-order valence-corrected chi connectivity index (χ1v) is 40.3. The van der Waals surface area contributed by atoms with E-state index in [2.05, 4.69) is 43.8 Å². The Morgan fingerprint density at radius 3 is 1.94 bits per heavy atom. The van der Waals surface area contributed by atoms with Gasteiger partial charge in [0.15, 0.2) is 29.9 Å². The number of halogens is 4. The molecule has 2 saturated heterocycles. The van der Waals surface area contributed by atoms with E-state index in [0.717, 1.165) is 88.8 Å². The van der Waals surface area contributed by atoms with Crippen molar-refractivity contribution in [3.63, 3.8) is 0 Å². The normalized spacial score (nSPS) is 26.0. The second kappa shape index (κ2) is 38.8. The number of phenolic OH excluding ortho intramolecular Hbond substituents is 3. The van der Waals surface area contributed by atoms with Gasteiger partial charge >= 0.3 is 12.1 Å². The van der Waals surface area contributed by atoms with Crippen LogP contribution in [0.5, 0.6) is 51.7 Å². The molecule has 124 heavy (non-hydrogen) atoms. The van der Waals surface area contributed by atoms with Gasteiger partial charge in [0.25, 0.3) is 0 Å². The average Bonchev–Trinajstić information content (AvgIpc) is 0.764. The largest absolute Gasteiger partial charge is 0.508 e. The molecule has 18 atom stereocenters. The number of amides is 8. The van der Waals surface area contributed by atoms with Crippen molar-refractivity contribution in [1.82, 2.24) is 42.1 Å². The summed E-state index contributed by atoms with van der Waals surface area (Å²) in [6, 6.07) is 10.5. The lowest BCUT2D eigenvalue weighted by Crippen LogP contribution is -2.65. The zero-order valence-electron chi connectivity index (χ0n) is 66.8. The summed E-state index contributed by atoms with van der Waals surface area (Å²) in [6.45, 7) is 9.78. The predicted octanol–water partition coefficient (Wildman–Crippen LogP) is 5.82. The molecule has 20 N–H and O–H groups in total. The average molecular weight is 1800 g/mol. The Kier molecular flexibility index (Phi) is 28.8.